The van der Waals surface area contributed by atoms with Crippen LogP contribution in [0.5, 0.6) is 0 Å². The van der Waals surface area contributed by atoms with Crippen LogP contribution < -0.4 is 0 Å². The highest BCUT2D eigenvalue weighted by Gasteiger charge is 2.24. The molecule has 0 heterocycles. The minimum Gasteiger partial charge on any atom is -0.512 e. The molecule has 0 amide bonds. The van der Waals surface area contributed by atoms with Crippen molar-refractivity contribution < 1.29 is 9.90 Å². The predicted molar refractivity (Wildman–Crippen MR) is 71.3 cm³/mol. The van der Waals surface area contributed by atoms with Crippen LogP contribution in [0, 0.1) is 13.8 Å². The zero-order valence-electron chi connectivity index (χ0n) is 9.96. The van der Waals surface area contributed by atoms with Gasteiger partial charge in [-0.05, 0) is 48.6 Å². The molecule has 0 spiro atoms. The van der Waals surface area contributed by atoms with E-state index in [0.717, 1.165) is 4.47 Å². The number of hydrogen-bond acceptors (Lipinski definition) is 2. The third-order valence-corrected chi connectivity index (χ3v) is 3.66. The first kappa shape index (κ1) is 12.4. The van der Waals surface area contributed by atoms with Crippen LogP contribution in [0.15, 0.2) is 28.4 Å². The molecule has 1 unspecified atom stereocenters. The van der Waals surface area contributed by atoms with Gasteiger partial charge in [0, 0.05) is 23.4 Å². The molecule has 2 rings (SSSR count). The number of allylic oxidation sites excluding steroid dienone is 2. The maximum absolute atomic E-state index is 11.5. The largest absolute Gasteiger partial charge is 0.512 e. The van der Waals surface area contributed by atoms with E-state index >= 15 is 0 Å². The van der Waals surface area contributed by atoms with Gasteiger partial charge in [0.25, 0.3) is 0 Å². The molecule has 1 N–H and O–H groups in total. The minimum absolute atomic E-state index is 0.0143. The summed E-state index contributed by atoms with van der Waals surface area (Å²) >= 11 is 3.47. The van der Waals surface area contributed by atoms with Gasteiger partial charge in [-0.1, -0.05) is 15.9 Å². The Bertz CT molecular complexity index is 480. The lowest BCUT2D eigenvalue weighted by molar-refractivity contribution is -0.115. The van der Waals surface area contributed by atoms with Crippen molar-refractivity contribution in [1.29, 1.82) is 0 Å². The molecule has 0 bridgehead atoms. The third-order valence-electron chi connectivity index (χ3n) is 3.20. The lowest BCUT2D eigenvalue weighted by Gasteiger charge is -2.23. The zero-order chi connectivity index (χ0) is 12.6. The van der Waals surface area contributed by atoms with E-state index in [1.807, 2.05) is 13.8 Å². The van der Waals surface area contributed by atoms with E-state index in [-0.39, 0.29) is 17.5 Å². The van der Waals surface area contributed by atoms with Gasteiger partial charge in [-0.2, -0.15) is 0 Å². The van der Waals surface area contributed by atoms with Crippen LogP contribution in [0.2, 0.25) is 0 Å². The van der Waals surface area contributed by atoms with Crippen LogP contribution >= 0.6 is 15.9 Å². The smallest absolute Gasteiger partial charge is 0.159 e. The number of rotatable bonds is 1. The molecule has 0 aliphatic heterocycles. The highest BCUT2D eigenvalue weighted by atomic mass is 79.9. The monoisotopic (exact) mass is 294 g/mol. The van der Waals surface area contributed by atoms with Crippen molar-refractivity contribution in [2.24, 2.45) is 0 Å². The summed E-state index contributed by atoms with van der Waals surface area (Å²) in [6, 6.07) is 4.12. The Hall–Kier alpha value is -1.09. The molecule has 1 aromatic rings. The number of halogens is 1. The van der Waals surface area contributed by atoms with E-state index in [9.17, 15) is 9.90 Å². The van der Waals surface area contributed by atoms with E-state index in [0.29, 0.717) is 12.8 Å². The standard InChI is InChI=1S/C14H15BrO2/c1-8-3-11(15)4-9(2)14(8)10-5-12(16)7-13(17)6-10/h3-4,7,10,16H,5-6H2,1-2H3. The summed E-state index contributed by atoms with van der Waals surface area (Å²) in [5.74, 6) is 0.328. The normalized spacial score (nSPS) is 20.3. The molecule has 0 saturated carbocycles. The Labute approximate surface area is 109 Å². The molecule has 17 heavy (non-hydrogen) atoms. The Balaban J connectivity index is 2.42. The van der Waals surface area contributed by atoms with E-state index in [1.54, 1.807) is 0 Å². The maximum Gasteiger partial charge on any atom is 0.159 e. The van der Waals surface area contributed by atoms with Gasteiger partial charge in [-0.3, -0.25) is 4.79 Å². The van der Waals surface area contributed by atoms with E-state index in [2.05, 4.69) is 28.1 Å². The van der Waals surface area contributed by atoms with Crippen LogP contribution in [-0.2, 0) is 4.79 Å². The first-order chi connectivity index (χ1) is 7.97. The molecule has 0 radical (unpaired) electrons. The Morgan fingerprint density at radius 3 is 2.35 bits per heavy atom. The first-order valence-electron chi connectivity index (χ1n) is 5.66. The van der Waals surface area contributed by atoms with Crippen molar-refractivity contribution in [3.63, 3.8) is 0 Å². The molecule has 0 aromatic heterocycles. The van der Waals surface area contributed by atoms with Gasteiger partial charge in [0.05, 0.1) is 5.76 Å². The lowest BCUT2D eigenvalue weighted by atomic mass is 9.82. The summed E-state index contributed by atoms with van der Waals surface area (Å²) in [6.07, 6.45) is 2.41. The van der Waals surface area contributed by atoms with Gasteiger partial charge in [0.1, 0.15) is 0 Å². The molecule has 3 heteroatoms. The maximum atomic E-state index is 11.5. The van der Waals surface area contributed by atoms with Gasteiger partial charge in [0.15, 0.2) is 5.78 Å². The van der Waals surface area contributed by atoms with Gasteiger partial charge in [-0.15, -0.1) is 0 Å². The third kappa shape index (κ3) is 2.60. The second-order valence-corrected chi connectivity index (χ2v) is 5.58. The van der Waals surface area contributed by atoms with E-state index in [4.69, 9.17) is 0 Å². The number of benzene rings is 1. The van der Waals surface area contributed by atoms with Crippen LogP contribution in [0.1, 0.15) is 35.4 Å². The van der Waals surface area contributed by atoms with Gasteiger partial charge in [-0.25, -0.2) is 0 Å². The number of carbonyl (C=O) groups is 1. The van der Waals surface area contributed by atoms with Crippen LogP contribution in [0.25, 0.3) is 0 Å². The number of aliphatic hydroxyl groups excluding tert-OH is 1. The summed E-state index contributed by atoms with van der Waals surface area (Å²) in [5.41, 5.74) is 3.54. The predicted octanol–water partition coefficient (Wildman–Crippen LogP) is 3.95. The van der Waals surface area contributed by atoms with Gasteiger partial charge in [0.2, 0.25) is 0 Å². The molecule has 0 fully saturated rings. The number of aliphatic hydroxyl groups is 1. The molecule has 1 aliphatic carbocycles. The quantitative estimate of drug-likeness (QED) is 0.851. The fourth-order valence-electron chi connectivity index (χ4n) is 2.64. The molecular formula is C14H15BrO2. The van der Waals surface area contributed by atoms with Gasteiger partial charge < -0.3 is 5.11 Å². The molecule has 2 nitrogen and oxygen atoms in total. The Kier molecular flexibility index (Phi) is 3.38. The fraction of sp³-hybridized carbons (Fsp3) is 0.357. The van der Waals surface area contributed by atoms with Crippen molar-refractivity contribution in [2.45, 2.75) is 32.6 Å². The zero-order valence-corrected chi connectivity index (χ0v) is 11.5. The second-order valence-electron chi connectivity index (χ2n) is 4.66. The molecule has 1 aromatic carbocycles. The van der Waals surface area contributed by atoms with Crippen molar-refractivity contribution in [3.05, 3.63) is 45.1 Å². The Morgan fingerprint density at radius 1 is 1.24 bits per heavy atom. The van der Waals surface area contributed by atoms with Gasteiger partial charge >= 0.3 is 0 Å². The Morgan fingerprint density at radius 2 is 1.82 bits per heavy atom. The van der Waals surface area contributed by atoms with Crippen molar-refractivity contribution in [1.82, 2.24) is 0 Å². The van der Waals surface area contributed by atoms with Crippen LogP contribution in [-0.4, -0.2) is 10.9 Å². The van der Waals surface area contributed by atoms with Crippen molar-refractivity contribution in [3.8, 4) is 0 Å². The summed E-state index contributed by atoms with van der Waals surface area (Å²) in [6.45, 7) is 4.10. The van der Waals surface area contributed by atoms with E-state index in [1.165, 1.54) is 22.8 Å². The second kappa shape index (κ2) is 4.65. The highest BCUT2D eigenvalue weighted by Crippen LogP contribution is 2.35. The fourth-order valence-corrected chi connectivity index (χ4v) is 3.33. The average Bonchev–Trinajstić information content (AvgIpc) is 2.13. The number of carbonyl (C=O) groups excluding carboxylic acids is 1. The van der Waals surface area contributed by atoms with Crippen LogP contribution in [0.3, 0.4) is 0 Å². The summed E-state index contributed by atoms with van der Waals surface area (Å²) in [7, 11) is 0. The minimum atomic E-state index is 0.0143. The number of aryl methyl sites for hydroxylation is 2. The number of ketones is 1. The van der Waals surface area contributed by atoms with Crippen LogP contribution in [0.4, 0.5) is 0 Å². The summed E-state index contributed by atoms with van der Waals surface area (Å²) in [4.78, 5) is 11.5. The topological polar surface area (TPSA) is 37.3 Å². The lowest BCUT2D eigenvalue weighted by Crippen LogP contribution is -2.14. The summed E-state index contributed by atoms with van der Waals surface area (Å²) in [5, 5.41) is 9.58. The molecule has 1 atom stereocenters. The molecule has 90 valence electrons. The SMILES string of the molecule is Cc1cc(Br)cc(C)c1C1CC(=O)C=C(O)C1. The molecule has 0 saturated heterocycles. The summed E-state index contributed by atoms with van der Waals surface area (Å²) < 4.78 is 1.05. The molecule has 1 aliphatic rings. The number of hydrogen-bond donors (Lipinski definition) is 1. The average molecular weight is 295 g/mol. The highest BCUT2D eigenvalue weighted by molar-refractivity contribution is 9.10. The molecular weight excluding hydrogens is 280 g/mol. The van der Waals surface area contributed by atoms with Crippen molar-refractivity contribution >= 4 is 21.7 Å². The van der Waals surface area contributed by atoms with Crippen molar-refractivity contribution in [2.75, 3.05) is 0 Å². The van der Waals surface area contributed by atoms with E-state index < -0.39 is 0 Å². The first-order valence-corrected chi connectivity index (χ1v) is 6.45.